The van der Waals surface area contributed by atoms with Crippen molar-refractivity contribution in [1.29, 1.82) is 0 Å². The van der Waals surface area contributed by atoms with E-state index in [9.17, 15) is 9.59 Å². The number of nitrogens with zero attached hydrogens (tertiary/aromatic N) is 3. The van der Waals surface area contributed by atoms with Gasteiger partial charge in [0.05, 0.1) is 13.2 Å². The number of hydrogen-bond donors (Lipinski definition) is 0. The van der Waals surface area contributed by atoms with E-state index in [1.165, 1.54) is 6.08 Å². The summed E-state index contributed by atoms with van der Waals surface area (Å²) in [4.78, 5) is 26.4. The maximum atomic E-state index is 11.8. The molecule has 1 aromatic rings. The maximum absolute atomic E-state index is 11.8. The highest BCUT2D eigenvalue weighted by Crippen LogP contribution is 2.22. The fourth-order valence-electron chi connectivity index (χ4n) is 1.52. The fourth-order valence-corrected chi connectivity index (χ4v) is 1.52. The number of rotatable bonds is 6. The summed E-state index contributed by atoms with van der Waals surface area (Å²) in [6.07, 6.45) is 1.29. The Bertz CT molecular complexity index is 584. The van der Waals surface area contributed by atoms with E-state index in [0.29, 0.717) is 11.3 Å². The maximum Gasteiger partial charge on any atom is 0.345 e. The molecular formula is C14H15N3O4. The van der Waals surface area contributed by atoms with Gasteiger partial charge in [0.1, 0.15) is 5.57 Å². The Morgan fingerprint density at radius 1 is 1.19 bits per heavy atom. The quantitative estimate of drug-likeness (QED) is 0.153. The van der Waals surface area contributed by atoms with E-state index >= 15 is 0 Å². The third-order valence-corrected chi connectivity index (χ3v) is 2.38. The monoisotopic (exact) mass is 289 g/mol. The Labute approximate surface area is 121 Å². The van der Waals surface area contributed by atoms with E-state index in [1.54, 1.807) is 38.1 Å². The number of carbonyl (C=O) groups excluding carboxylic acids is 2. The molecule has 1 aromatic carbocycles. The molecule has 0 saturated carbocycles. The van der Waals surface area contributed by atoms with Gasteiger partial charge in [0.25, 0.3) is 0 Å². The molecule has 0 radical (unpaired) electrons. The van der Waals surface area contributed by atoms with Crippen molar-refractivity contribution in [3.05, 3.63) is 45.8 Å². The van der Waals surface area contributed by atoms with Crippen LogP contribution in [0.15, 0.2) is 35.0 Å². The predicted molar refractivity (Wildman–Crippen MR) is 76.5 cm³/mol. The summed E-state index contributed by atoms with van der Waals surface area (Å²) >= 11 is 0. The first kappa shape index (κ1) is 16.3. The lowest BCUT2D eigenvalue weighted by Gasteiger charge is -2.07. The number of carbonyl (C=O) groups is 2. The highest BCUT2D eigenvalue weighted by molar-refractivity contribution is 6.18. The molecule has 0 spiro atoms. The van der Waals surface area contributed by atoms with Gasteiger partial charge in [-0.1, -0.05) is 29.4 Å². The molecule has 0 atom stereocenters. The number of esters is 2. The molecule has 0 heterocycles. The molecule has 0 fully saturated rings. The summed E-state index contributed by atoms with van der Waals surface area (Å²) in [5.74, 6) is -1.57. The lowest BCUT2D eigenvalue weighted by atomic mass is 10.1. The van der Waals surface area contributed by atoms with Gasteiger partial charge in [-0.3, -0.25) is 0 Å². The second-order valence-corrected chi connectivity index (χ2v) is 3.75. The normalized spacial score (nSPS) is 9.24. The summed E-state index contributed by atoms with van der Waals surface area (Å²) in [6, 6.07) is 6.55. The number of azide groups is 1. The van der Waals surface area contributed by atoms with E-state index in [0.717, 1.165) is 0 Å². The standard InChI is InChI=1S/C14H15N3O4/c1-3-20-13(18)11(14(19)21-4-2)9-10-7-5-6-8-12(10)16-17-15/h5-9H,3-4H2,1-2H3. The Hall–Kier alpha value is -2.79. The van der Waals surface area contributed by atoms with Crippen molar-refractivity contribution in [3.63, 3.8) is 0 Å². The zero-order chi connectivity index (χ0) is 15.7. The van der Waals surface area contributed by atoms with E-state index < -0.39 is 11.9 Å². The molecule has 0 unspecified atom stereocenters. The van der Waals surface area contributed by atoms with Crippen LogP contribution >= 0.6 is 0 Å². The second kappa shape index (κ2) is 8.39. The van der Waals surface area contributed by atoms with Crippen LogP contribution in [0.25, 0.3) is 16.5 Å². The highest BCUT2D eigenvalue weighted by atomic mass is 16.6. The zero-order valence-corrected chi connectivity index (χ0v) is 11.8. The average Bonchev–Trinajstić information content (AvgIpc) is 2.47. The van der Waals surface area contributed by atoms with Gasteiger partial charge in [0, 0.05) is 10.6 Å². The largest absolute Gasteiger partial charge is 0.462 e. The van der Waals surface area contributed by atoms with Crippen LogP contribution in [-0.4, -0.2) is 25.2 Å². The van der Waals surface area contributed by atoms with Crippen LogP contribution in [0.5, 0.6) is 0 Å². The minimum atomic E-state index is -0.785. The molecule has 0 amide bonds. The third-order valence-electron chi connectivity index (χ3n) is 2.38. The summed E-state index contributed by atoms with van der Waals surface area (Å²) in [5, 5.41) is 3.50. The van der Waals surface area contributed by atoms with Gasteiger partial charge < -0.3 is 9.47 Å². The minimum Gasteiger partial charge on any atom is -0.462 e. The number of ether oxygens (including phenoxy) is 2. The Morgan fingerprint density at radius 3 is 2.29 bits per heavy atom. The highest BCUT2D eigenvalue weighted by Gasteiger charge is 2.21. The van der Waals surface area contributed by atoms with Crippen molar-refractivity contribution in [3.8, 4) is 0 Å². The lowest BCUT2D eigenvalue weighted by Crippen LogP contribution is -2.18. The fraction of sp³-hybridized carbons (Fsp3) is 0.286. The summed E-state index contributed by atoms with van der Waals surface area (Å²) in [5.41, 5.74) is 8.99. The third kappa shape index (κ3) is 4.67. The van der Waals surface area contributed by atoms with Crippen LogP contribution in [0, 0.1) is 0 Å². The van der Waals surface area contributed by atoms with Gasteiger partial charge in [-0.05, 0) is 31.0 Å². The van der Waals surface area contributed by atoms with Gasteiger partial charge in [0.15, 0.2) is 0 Å². The zero-order valence-electron chi connectivity index (χ0n) is 11.8. The van der Waals surface area contributed by atoms with Crippen molar-refractivity contribution >= 4 is 23.7 Å². The van der Waals surface area contributed by atoms with Crippen LogP contribution in [0.3, 0.4) is 0 Å². The molecule has 0 aliphatic rings. The first-order chi connectivity index (χ1) is 10.1. The smallest absolute Gasteiger partial charge is 0.345 e. The summed E-state index contributed by atoms with van der Waals surface area (Å²) in [7, 11) is 0. The van der Waals surface area contributed by atoms with Gasteiger partial charge in [0.2, 0.25) is 0 Å². The topological polar surface area (TPSA) is 101 Å². The first-order valence-corrected chi connectivity index (χ1v) is 6.34. The molecule has 21 heavy (non-hydrogen) atoms. The Morgan fingerprint density at radius 2 is 1.76 bits per heavy atom. The lowest BCUT2D eigenvalue weighted by molar-refractivity contribution is -0.146. The summed E-state index contributed by atoms with van der Waals surface area (Å²) in [6.45, 7) is 3.53. The molecule has 1 rings (SSSR count). The molecule has 0 aliphatic carbocycles. The number of benzene rings is 1. The molecule has 0 saturated heterocycles. The van der Waals surface area contributed by atoms with Crippen LogP contribution < -0.4 is 0 Å². The molecule has 7 heteroatoms. The SMILES string of the molecule is CCOC(=O)C(=Cc1ccccc1N=[N+]=[N-])C(=O)OCC. The number of hydrogen-bond acceptors (Lipinski definition) is 5. The summed E-state index contributed by atoms with van der Waals surface area (Å²) < 4.78 is 9.66. The van der Waals surface area contributed by atoms with Crippen LogP contribution in [0.1, 0.15) is 19.4 Å². The van der Waals surface area contributed by atoms with Crippen LogP contribution in [0.2, 0.25) is 0 Å². The van der Waals surface area contributed by atoms with Crippen molar-refractivity contribution in [1.82, 2.24) is 0 Å². The van der Waals surface area contributed by atoms with Crippen molar-refractivity contribution in [2.24, 2.45) is 5.11 Å². The van der Waals surface area contributed by atoms with Crippen molar-refractivity contribution in [2.75, 3.05) is 13.2 Å². The van der Waals surface area contributed by atoms with E-state index in [2.05, 4.69) is 10.0 Å². The molecule has 0 aliphatic heterocycles. The van der Waals surface area contributed by atoms with Crippen molar-refractivity contribution in [2.45, 2.75) is 13.8 Å². The average molecular weight is 289 g/mol. The Kier molecular flexibility index (Phi) is 6.50. The van der Waals surface area contributed by atoms with E-state index in [-0.39, 0.29) is 18.8 Å². The molecule has 0 bridgehead atoms. The van der Waals surface area contributed by atoms with E-state index in [4.69, 9.17) is 15.0 Å². The Balaban J connectivity index is 3.27. The minimum absolute atomic E-state index is 0.133. The molecule has 7 nitrogen and oxygen atoms in total. The molecule has 0 N–H and O–H groups in total. The predicted octanol–water partition coefficient (Wildman–Crippen LogP) is 3.14. The first-order valence-electron chi connectivity index (χ1n) is 6.34. The van der Waals surface area contributed by atoms with Crippen LogP contribution in [-0.2, 0) is 19.1 Å². The second-order valence-electron chi connectivity index (χ2n) is 3.75. The van der Waals surface area contributed by atoms with Gasteiger partial charge >= 0.3 is 11.9 Å². The molecule has 110 valence electrons. The van der Waals surface area contributed by atoms with Crippen molar-refractivity contribution < 1.29 is 19.1 Å². The van der Waals surface area contributed by atoms with Gasteiger partial charge in [-0.2, -0.15) is 0 Å². The molecule has 0 aromatic heterocycles. The molecular weight excluding hydrogens is 274 g/mol. The van der Waals surface area contributed by atoms with E-state index in [1.807, 2.05) is 0 Å². The van der Waals surface area contributed by atoms with Gasteiger partial charge in [-0.25, -0.2) is 9.59 Å². The van der Waals surface area contributed by atoms with Gasteiger partial charge in [-0.15, -0.1) is 0 Å². The van der Waals surface area contributed by atoms with Crippen LogP contribution in [0.4, 0.5) is 5.69 Å².